The SMILES string of the molecule is CC(=O)c1cccc(N)c1O.CCNC(=O)NC1CCNC1. The average molecular weight is 308 g/mol. The Kier molecular flexibility index (Phi) is 7.18. The molecule has 1 atom stereocenters. The number of ketones is 1. The summed E-state index contributed by atoms with van der Waals surface area (Å²) in [6, 6.07) is 4.98. The zero-order valence-corrected chi connectivity index (χ0v) is 13.0. The van der Waals surface area contributed by atoms with Crippen molar-refractivity contribution in [1.29, 1.82) is 0 Å². The second kappa shape index (κ2) is 8.89. The summed E-state index contributed by atoms with van der Waals surface area (Å²) in [6.45, 7) is 5.89. The van der Waals surface area contributed by atoms with Crippen LogP contribution in [0, 0.1) is 0 Å². The maximum atomic E-state index is 10.9. The van der Waals surface area contributed by atoms with Crippen molar-refractivity contribution in [2.24, 2.45) is 0 Å². The van der Waals surface area contributed by atoms with Crippen LogP contribution in [0.1, 0.15) is 30.6 Å². The third kappa shape index (κ3) is 5.61. The number of Topliss-reactive ketones (excluding diaryl/α,β-unsaturated/α-hetero) is 1. The Balaban J connectivity index is 0.000000220. The first-order valence-electron chi connectivity index (χ1n) is 7.29. The quantitative estimate of drug-likeness (QED) is 0.322. The summed E-state index contributed by atoms with van der Waals surface area (Å²) in [5.41, 5.74) is 5.86. The van der Waals surface area contributed by atoms with Crippen LogP contribution < -0.4 is 21.7 Å². The van der Waals surface area contributed by atoms with Gasteiger partial charge in [0.15, 0.2) is 5.78 Å². The first kappa shape index (κ1) is 17.8. The van der Waals surface area contributed by atoms with Gasteiger partial charge in [0.2, 0.25) is 0 Å². The van der Waals surface area contributed by atoms with E-state index >= 15 is 0 Å². The number of nitrogens with two attached hydrogens (primary N) is 1. The van der Waals surface area contributed by atoms with Crippen LogP contribution in [-0.2, 0) is 0 Å². The van der Waals surface area contributed by atoms with Crippen molar-refractivity contribution in [3.05, 3.63) is 23.8 Å². The summed E-state index contributed by atoms with van der Waals surface area (Å²) in [5.74, 6) is -0.310. The summed E-state index contributed by atoms with van der Waals surface area (Å²) < 4.78 is 0. The van der Waals surface area contributed by atoms with Gasteiger partial charge in [-0.1, -0.05) is 6.07 Å². The molecular weight excluding hydrogens is 284 g/mol. The van der Waals surface area contributed by atoms with Gasteiger partial charge in [-0.25, -0.2) is 4.79 Å². The molecule has 1 aromatic rings. The predicted octanol–water partition coefficient (Wildman–Crippen LogP) is 0.844. The van der Waals surface area contributed by atoms with E-state index in [2.05, 4.69) is 16.0 Å². The number of phenolic OH excluding ortho intramolecular Hbond substituents is 1. The number of carbonyl (C=O) groups excluding carboxylic acids is 2. The molecule has 0 aliphatic carbocycles. The fourth-order valence-corrected chi connectivity index (χ4v) is 2.02. The van der Waals surface area contributed by atoms with Crippen LogP contribution in [-0.4, -0.2) is 42.6 Å². The van der Waals surface area contributed by atoms with E-state index in [4.69, 9.17) is 5.73 Å². The summed E-state index contributed by atoms with van der Waals surface area (Å²) in [6.07, 6.45) is 1.04. The number of aromatic hydroxyl groups is 1. The Morgan fingerprint density at radius 1 is 1.45 bits per heavy atom. The summed E-state index contributed by atoms with van der Waals surface area (Å²) in [5, 5.41) is 18.0. The Hall–Kier alpha value is -2.28. The van der Waals surface area contributed by atoms with Gasteiger partial charge in [0, 0.05) is 19.1 Å². The maximum absolute atomic E-state index is 10.9. The molecule has 1 heterocycles. The number of rotatable bonds is 3. The van der Waals surface area contributed by atoms with Crippen LogP contribution in [0.25, 0.3) is 0 Å². The van der Waals surface area contributed by atoms with Crippen molar-refractivity contribution >= 4 is 17.5 Å². The van der Waals surface area contributed by atoms with Gasteiger partial charge in [0.05, 0.1) is 11.3 Å². The second-order valence-electron chi connectivity index (χ2n) is 4.99. The lowest BCUT2D eigenvalue weighted by molar-refractivity contribution is 0.101. The van der Waals surface area contributed by atoms with Gasteiger partial charge in [-0.05, 0) is 38.9 Å². The fraction of sp³-hybridized carbons (Fsp3) is 0.467. The normalized spacial score (nSPS) is 16.4. The Bertz CT molecular complexity index is 514. The van der Waals surface area contributed by atoms with E-state index in [1.807, 2.05) is 6.92 Å². The van der Waals surface area contributed by atoms with Crippen molar-refractivity contribution in [2.45, 2.75) is 26.3 Å². The molecule has 1 fully saturated rings. The molecule has 1 aliphatic heterocycles. The highest BCUT2D eigenvalue weighted by Crippen LogP contribution is 2.24. The smallest absolute Gasteiger partial charge is 0.315 e. The molecule has 6 N–H and O–H groups in total. The van der Waals surface area contributed by atoms with E-state index in [1.165, 1.54) is 13.0 Å². The molecule has 2 rings (SSSR count). The third-order valence-corrected chi connectivity index (χ3v) is 3.18. The minimum absolute atomic E-state index is 0.0544. The molecule has 7 heteroatoms. The fourth-order valence-electron chi connectivity index (χ4n) is 2.02. The highest BCUT2D eigenvalue weighted by Gasteiger charge is 2.15. The van der Waals surface area contributed by atoms with Gasteiger partial charge in [-0.15, -0.1) is 0 Å². The molecule has 0 bridgehead atoms. The number of hydrogen-bond acceptors (Lipinski definition) is 5. The number of benzene rings is 1. The number of nitrogen functional groups attached to an aromatic ring is 1. The minimum Gasteiger partial charge on any atom is -0.505 e. The molecule has 7 nitrogen and oxygen atoms in total. The summed E-state index contributed by atoms with van der Waals surface area (Å²) in [7, 11) is 0. The highest BCUT2D eigenvalue weighted by molar-refractivity contribution is 5.98. The van der Waals surface area contributed by atoms with E-state index in [-0.39, 0.29) is 28.8 Å². The Morgan fingerprint density at radius 2 is 2.18 bits per heavy atom. The number of carbonyl (C=O) groups is 2. The van der Waals surface area contributed by atoms with Crippen molar-refractivity contribution in [3.8, 4) is 5.75 Å². The van der Waals surface area contributed by atoms with E-state index in [9.17, 15) is 14.7 Å². The maximum Gasteiger partial charge on any atom is 0.315 e. The summed E-state index contributed by atoms with van der Waals surface area (Å²) >= 11 is 0. The third-order valence-electron chi connectivity index (χ3n) is 3.18. The number of hydrogen-bond donors (Lipinski definition) is 5. The molecule has 0 spiro atoms. The van der Waals surface area contributed by atoms with Crippen LogP contribution >= 0.6 is 0 Å². The van der Waals surface area contributed by atoms with E-state index in [0.29, 0.717) is 12.6 Å². The predicted molar refractivity (Wildman–Crippen MR) is 86.0 cm³/mol. The zero-order chi connectivity index (χ0) is 16.5. The molecule has 1 unspecified atom stereocenters. The molecule has 1 aromatic carbocycles. The lowest BCUT2D eigenvalue weighted by atomic mass is 10.1. The van der Waals surface area contributed by atoms with E-state index in [1.54, 1.807) is 12.1 Å². The number of para-hydroxylation sites is 1. The molecule has 22 heavy (non-hydrogen) atoms. The van der Waals surface area contributed by atoms with Gasteiger partial charge in [-0.3, -0.25) is 4.79 Å². The van der Waals surface area contributed by atoms with Crippen LogP contribution in [0.4, 0.5) is 10.5 Å². The number of anilines is 1. The van der Waals surface area contributed by atoms with Crippen LogP contribution in [0.3, 0.4) is 0 Å². The minimum atomic E-state index is -0.185. The molecule has 1 aliphatic rings. The lowest BCUT2D eigenvalue weighted by Gasteiger charge is -2.10. The van der Waals surface area contributed by atoms with Crippen molar-refractivity contribution in [3.63, 3.8) is 0 Å². The number of phenols is 1. The molecule has 0 radical (unpaired) electrons. The topological polar surface area (TPSA) is 116 Å². The average Bonchev–Trinajstić information content (AvgIpc) is 2.95. The largest absolute Gasteiger partial charge is 0.505 e. The van der Waals surface area contributed by atoms with E-state index in [0.717, 1.165) is 19.5 Å². The van der Waals surface area contributed by atoms with Crippen LogP contribution in [0.5, 0.6) is 5.75 Å². The van der Waals surface area contributed by atoms with Gasteiger partial charge in [0.1, 0.15) is 5.75 Å². The molecule has 0 aromatic heterocycles. The molecule has 1 saturated heterocycles. The Morgan fingerprint density at radius 3 is 2.68 bits per heavy atom. The first-order chi connectivity index (χ1) is 10.5. The van der Waals surface area contributed by atoms with Crippen LogP contribution in [0.15, 0.2) is 18.2 Å². The number of nitrogens with one attached hydrogen (secondary N) is 3. The number of amides is 2. The van der Waals surface area contributed by atoms with Gasteiger partial charge in [0.25, 0.3) is 0 Å². The Labute approximate surface area is 130 Å². The van der Waals surface area contributed by atoms with Crippen molar-refractivity contribution in [2.75, 3.05) is 25.4 Å². The van der Waals surface area contributed by atoms with Crippen molar-refractivity contribution < 1.29 is 14.7 Å². The van der Waals surface area contributed by atoms with Crippen LogP contribution in [0.2, 0.25) is 0 Å². The van der Waals surface area contributed by atoms with Gasteiger partial charge >= 0.3 is 6.03 Å². The molecule has 0 saturated carbocycles. The van der Waals surface area contributed by atoms with Gasteiger partial charge < -0.3 is 26.8 Å². The van der Waals surface area contributed by atoms with E-state index < -0.39 is 0 Å². The molecule has 122 valence electrons. The standard InChI is InChI=1S/C8H9NO2.C7H15N3O/c1-5(10)6-3-2-4-7(9)8(6)11;1-2-9-7(11)10-6-3-4-8-5-6/h2-4,11H,9H2,1H3;6,8H,2-5H2,1H3,(H2,9,10,11). The molecular formula is C15H24N4O3. The monoisotopic (exact) mass is 308 g/mol. The van der Waals surface area contributed by atoms with Gasteiger partial charge in [-0.2, -0.15) is 0 Å². The zero-order valence-electron chi connectivity index (χ0n) is 13.0. The lowest BCUT2D eigenvalue weighted by Crippen LogP contribution is -2.42. The highest BCUT2D eigenvalue weighted by atomic mass is 16.3. The second-order valence-corrected chi connectivity index (χ2v) is 4.99. The number of urea groups is 1. The first-order valence-corrected chi connectivity index (χ1v) is 7.29. The summed E-state index contributed by atoms with van der Waals surface area (Å²) in [4.78, 5) is 21.8. The molecule has 2 amide bonds. The van der Waals surface area contributed by atoms with Crippen molar-refractivity contribution in [1.82, 2.24) is 16.0 Å².